The molecule has 4 nitrogen and oxygen atoms in total. The number of halogens is 2. The van der Waals surface area contributed by atoms with Crippen molar-refractivity contribution in [2.24, 2.45) is 0 Å². The van der Waals surface area contributed by atoms with E-state index < -0.39 is 4.92 Å². The second-order valence-electron chi connectivity index (χ2n) is 3.29. The molecule has 0 bridgehead atoms. The van der Waals surface area contributed by atoms with Crippen LogP contribution in [0.2, 0.25) is 10.0 Å². The van der Waals surface area contributed by atoms with Crippen molar-refractivity contribution >= 4 is 34.6 Å². The van der Waals surface area contributed by atoms with Gasteiger partial charge in [0.2, 0.25) is 0 Å². The SMILES string of the molecule is Nc1cccc(Cl)c1.O=[N+]([O-])c1cccc(Cl)c1. The van der Waals surface area contributed by atoms with Gasteiger partial charge in [0.05, 0.1) is 4.92 Å². The number of hydrogen-bond donors (Lipinski definition) is 1. The van der Waals surface area contributed by atoms with E-state index in [0.717, 1.165) is 0 Å². The first kappa shape index (κ1) is 14.3. The van der Waals surface area contributed by atoms with E-state index in [1.54, 1.807) is 30.3 Å². The molecule has 0 heterocycles. The van der Waals surface area contributed by atoms with Crippen molar-refractivity contribution in [1.29, 1.82) is 0 Å². The Labute approximate surface area is 114 Å². The zero-order valence-corrected chi connectivity index (χ0v) is 10.7. The maximum absolute atomic E-state index is 10.1. The predicted octanol–water partition coefficient (Wildman–Crippen LogP) is 4.17. The average Bonchev–Trinajstić information content (AvgIpc) is 2.29. The van der Waals surface area contributed by atoms with Crippen molar-refractivity contribution in [3.05, 3.63) is 68.7 Å². The lowest BCUT2D eigenvalue weighted by Crippen LogP contribution is -1.85. The number of anilines is 1. The molecule has 94 valence electrons. The molecule has 0 saturated heterocycles. The first-order valence-electron chi connectivity index (χ1n) is 4.90. The molecule has 0 atom stereocenters. The van der Waals surface area contributed by atoms with Crippen molar-refractivity contribution in [3.63, 3.8) is 0 Å². The van der Waals surface area contributed by atoms with Gasteiger partial charge in [0.15, 0.2) is 0 Å². The van der Waals surface area contributed by atoms with Gasteiger partial charge in [0.25, 0.3) is 5.69 Å². The standard InChI is InChI=1S/C6H4ClNO2.C6H6ClN/c7-5-2-1-3-6(4-5)8(9)10;7-5-2-1-3-6(8)4-5/h1-4H;1-4H,8H2. The Morgan fingerprint density at radius 3 is 1.89 bits per heavy atom. The van der Waals surface area contributed by atoms with Gasteiger partial charge in [-0.2, -0.15) is 0 Å². The van der Waals surface area contributed by atoms with Gasteiger partial charge in [-0.25, -0.2) is 0 Å². The largest absolute Gasteiger partial charge is 0.399 e. The Kier molecular flexibility index (Phi) is 5.42. The van der Waals surface area contributed by atoms with Gasteiger partial charge in [-0.1, -0.05) is 35.3 Å². The number of hydrogen-bond acceptors (Lipinski definition) is 3. The number of nitro benzene ring substituents is 1. The van der Waals surface area contributed by atoms with Crippen molar-refractivity contribution in [3.8, 4) is 0 Å². The maximum atomic E-state index is 10.1. The van der Waals surface area contributed by atoms with Crippen LogP contribution >= 0.6 is 23.2 Å². The third-order valence-electron chi connectivity index (χ3n) is 1.87. The highest BCUT2D eigenvalue weighted by atomic mass is 35.5. The molecular weight excluding hydrogens is 275 g/mol. The minimum absolute atomic E-state index is 0.0208. The van der Waals surface area contributed by atoms with E-state index in [1.165, 1.54) is 12.1 Å². The smallest absolute Gasteiger partial charge is 0.270 e. The number of rotatable bonds is 1. The summed E-state index contributed by atoms with van der Waals surface area (Å²) in [5.41, 5.74) is 6.10. The maximum Gasteiger partial charge on any atom is 0.270 e. The Morgan fingerprint density at radius 1 is 1.00 bits per heavy atom. The van der Waals surface area contributed by atoms with E-state index in [-0.39, 0.29) is 5.69 Å². The van der Waals surface area contributed by atoms with Crippen molar-refractivity contribution in [1.82, 2.24) is 0 Å². The molecule has 2 N–H and O–H groups in total. The van der Waals surface area contributed by atoms with Crippen LogP contribution in [-0.2, 0) is 0 Å². The van der Waals surface area contributed by atoms with Crippen LogP contribution in [0.15, 0.2) is 48.5 Å². The topological polar surface area (TPSA) is 69.2 Å². The Balaban J connectivity index is 0.000000184. The summed E-state index contributed by atoms with van der Waals surface area (Å²) in [5.74, 6) is 0. The number of non-ortho nitro benzene ring substituents is 1. The summed E-state index contributed by atoms with van der Waals surface area (Å²) in [5, 5.41) is 11.2. The molecule has 0 aliphatic rings. The van der Waals surface area contributed by atoms with Gasteiger partial charge < -0.3 is 5.73 Å². The normalized spacial score (nSPS) is 9.22. The molecule has 0 amide bonds. The Bertz CT molecular complexity index is 530. The van der Waals surface area contributed by atoms with Crippen molar-refractivity contribution < 1.29 is 4.92 Å². The van der Waals surface area contributed by atoms with Crippen molar-refractivity contribution in [2.75, 3.05) is 5.73 Å². The highest BCUT2D eigenvalue weighted by Crippen LogP contribution is 2.16. The number of nitrogens with two attached hydrogens (primary N) is 1. The van der Waals surface area contributed by atoms with E-state index >= 15 is 0 Å². The van der Waals surface area contributed by atoms with Gasteiger partial charge in [-0.3, -0.25) is 10.1 Å². The molecule has 2 rings (SSSR count). The second-order valence-corrected chi connectivity index (χ2v) is 4.16. The molecule has 0 aliphatic heterocycles. The lowest BCUT2D eigenvalue weighted by molar-refractivity contribution is -0.384. The molecular formula is C12H10Cl2N2O2. The van der Waals surface area contributed by atoms with E-state index in [2.05, 4.69) is 0 Å². The van der Waals surface area contributed by atoms with Gasteiger partial charge >= 0.3 is 0 Å². The summed E-state index contributed by atoms with van der Waals surface area (Å²) < 4.78 is 0. The summed E-state index contributed by atoms with van der Waals surface area (Å²) in [6.07, 6.45) is 0. The molecule has 0 spiro atoms. The van der Waals surface area contributed by atoms with Gasteiger partial charge in [-0.15, -0.1) is 0 Å². The van der Waals surface area contributed by atoms with E-state index in [4.69, 9.17) is 28.9 Å². The van der Waals surface area contributed by atoms with E-state index in [0.29, 0.717) is 15.7 Å². The molecule has 0 aliphatic carbocycles. The van der Waals surface area contributed by atoms with Crippen LogP contribution in [0.4, 0.5) is 11.4 Å². The molecule has 6 heteroatoms. The van der Waals surface area contributed by atoms with Gasteiger partial charge in [0.1, 0.15) is 0 Å². The lowest BCUT2D eigenvalue weighted by Gasteiger charge is -1.89. The summed E-state index contributed by atoms with van der Waals surface area (Å²) in [7, 11) is 0. The van der Waals surface area contributed by atoms with E-state index in [9.17, 15) is 10.1 Å². The highest BCUT2D eigenvalue weighted by Gasteiger charge is 2.02. The number of nitrogens with zero attached hydrogens (tertiary/aromatic N) is 1. The Morgan fingerprint density at radius 2 is 1.56 bits per heavy atom. The third-order valence-corrected chi connectivity index (χ3v) is 2.34. The molecule has 2 aromatic rings. The molecule has 0 unspecified atom stereocenters. The molecule has 18 heavy (non-hydrogen) atoms. The van der Waals surface area contributed by atoms with Gasteiger partial charge in [0, 0.05) is 27.9 Å². The molecule has 0 aromatic heterocycles. The zero-order chi connectivity index (χ0) is 13.5. The first-order valence-corrected chi connectivity index (χ1v) is 5.65. The summed E-state index contributed by atoms with van der Waals surface area (Å²) in [6.45, 7) is 0. The number of benzene rings is 2. The van der Waals surface area contributed by atoms with Crippen LogP contribution in [0.5, 0.6) is 0 Å². The average molecular weight is 285 g/mol. The molecule has 2 aromatic carbocycles. The minimum atomic E-state index is -0.480. The summed E-state index contributed by atoms with van der Waals surface area (Å²) in [4.78, 5) is 9.62. The predicted molar refractivity (Wildman–Crippen MR) is 74.0 cm³/mol. The zero-order valence-electron chi connectivity index (χ0n) is 9.22. The van der Waals surface area contributed by atoms with E-state index in [1.807, 2.05) is 6.07 Å². The highest BCUT2D eigenvalue weighted by molar-refractivity contribution is 6.31. The lowest BCUT2D eigenvalue weighted by atomic mass is 10.3. The monoisotopic (exact) mass is 284 g/mol. The summed E-state index contributed by atoms with van der Waals surface area (Å²) >= 11 is 11.0. The Hall–Kier alpha value is -1.78. The van der Waals surface area contributed by atoms with Crippen LogP contribution in [0.1, 0.15) is 0 Å². The number of nitro groups is 1. The van der Waals surface area contributed by atoms with Crippen LogP contribution in [0.3, 0.4) is 0 Å². The fraction of sp³-hybridized carbons (Fsp3) is 0. The third kappa shape index (κ3) is 5.03. The quantitative estimate of drug-likeness (QED) is 0.485. The van der Waals surface area contributed by atoms with Crippen LogP contribution in [-0.4, -0.2) is 4.92 Å². The summed E-state index contributed by atoms with van der Waals surface area (Å²) in [6, 6.07) is 12.9. The molecule has 0 fully saturated rings. The van der Waals surface area contributed by atoms with Crippen LogP contribution in [0, 0.1) is 10.1 Å². The first-order chi connectivity index (χ1) is 8.49. The van der Waals surface area contributed by atoms with Crippen LogP contribution in [0.25, 0.3) is 0 Å². The van der Waals surface area contributed by atoms with Crippen LogP contribution < -0.4 is 5.73 Å². The second kappa shape index (κ2) is 6.83. The fourth-order valence-corrected chi connectivity index (χ4v) is 1.48. The molecule has 0 saturated carbocycles. The molecule has 0 radical (unpaired) electrons. The fourth-order valence-electron chi connectivity index (χ4n) is 1.10. The van der Waals surface area contributed by atoms with Crippen molar-refractivity contribution in [2.45, 2.75) is 0 Å². The van der Waals surface area contributed by atoms with Gasteiger partial charge in [-0.05, 0) is 24.3 Å². The minimum Gasteiger partial charge on any atom is -0.399 e. The number of nitrogen functional groups attached to an aromatic ring is 1.